The Labute approximate surface area is 182 Å². The highest BCUT2D eigenvalue weighted by atomic mass is 32.2. The van der Waals surface area contributed by atoms with Crippen LogP contribution in [0.3, 0.4) is 0 Å². The van der Waals surface area contributed by atoms with Gasteiger partial charge in [-0.05, 0) is 35.7 Å². The van der Waals surface area contributed by atoms with Crippen molar-refractivity contribution in [3.8, 4) is 5.69 Å². The number of piperazine rings is 1. The molecule has 0 unspecified atom stereocenters. The van der Waals surface area contributed by atoms with Gasteiger partial charge in [0.2, 0.25) is 10.0 Å². The van der Waals surface area contributed by atoms with Crippen molar-refractivity contribution in [3.05, 3.63) is 72.1 Å². The molecule has 0 radical (unpaired) electrons. The number of nitrogens with zero attached hydrogens (tertiary/aromatic N) is 5. The van der Waals surface area contributed by atoms with Gasteiger partial charge < -0.3 is 4.90 Å². The molecule has 0 bridgehead atoms. The maximum atomic E-state index is 13.0. The predicted molar refractivity (Wildman–Crippen MR) is 117 cm³/mol. The van der Waals surface area contributed by atoms with E-state index in [4.69, 9.17) is 0 Å². The summed E-state index contributed by atoms with van der Waals surface area (Å²) >= 11 is 0. The standard InChI is InChI=1S/C22H25N5O3S/c1-17(2)18-8-10-20(11-9-18)31(29,30)26-14-12-25(13-15-26)22(28)21-16-23-27(24-21)19-6-4-3-5-7-19/h3-11,16-17H,12-15H2,1-2H3. The molecule has 3 aromatic rings. The Morgan fingerprint density at radius 2 is 1.58 bits per heavy atom. The van der Waals surface area contributed by atoms with E-state index in [2.05, 4.69) is 24.0 Å². The molecule has 2 heterocycles. The van der Waals surface area contributed by atoms with Crippen LogP contribution in [0.1, 0.15) is 35.8 Å². The van der Waals surface area contributed by atoms with Crippen molar-refractivity contribution >= 4 is 15.9 Å². The van der Waals surface area contributed by atoms with E-state index in [-0.39, 0.29) is 29.6 Å². The van der Waals surface area contributed by atoms with Crippen LogP contribution in [0, 0.1) is 0 Å². The van der Waals surface area contributed by atoms with E-state index < -0.39 is 10.0 Å². The average molecular weight is 440 g/mol. The van der Waals surface area contributed by atoms with Gasteiger partial charge >= 0.3 is 0 Å². The van der Waals surface area contributed by atoms with Crippen molar-refractivity contribution < 1.29 is 13.2 Å². The first-order valence-electron chi connectivity index (χ1n) is 10.2. The molecule has 1 fully saturated rings. The molecule has 0 aliphatic carbocycles. The Bertz CT molecular complexity index is 1150. The number of benzene rings is 2. The van der Waals surface area contributed by atoms with Crippen molar-refractivity contribution in [2.75, 3.05) is 26.2 Å². The lowest BCUT2D eigenvalue weighted by molar-refractivity contribution is 0.0691. The molecule has 1 aromatic heterocycles. The summed E-state index contributed by atoms with van der Waals surface area (Å²) in [5.74, 6) is 0.0895. The molecule has 4 rings (SSSR count). The smallest absolute Gasteiger partial charge is 0.276 e. The Morgan fingerprint density at radius 1 is 0.935 bits per heavy atom. The Balaban J connectivity index is 1.41. The van der Waals surface area contributed by atoms with E-state index in [1.807, 2.05) is 42.5 Å². The number of rotatable bonds is 5. The number of para-hydroxylation sites is 1. The maximum Gasteiger partial charge on any atom is 0.276 e. The molecule has 0 saturated carbocycles. The van der Waals surface area contributed by atoms with Gasteiger partial charge in [-0.15, -0.1) is 5.10 Å². The molecule has 2 aromatic carbocycles. The second-order valence-electron chi connectivity index (χ2n) is 7.77. The fourth-order valence-electron chi connectivity index (χ4n) is 3.51. The number of amides is 1. The van der Waals surface area contributed by atoms with Gasteiger partial charge in [-0.25, -0.2) is 8.42 Å². The van der Waals surface area contributed by atoms with Crippen molar-refractivity contribution in [1.82, 2.24) is 24.2 Å². The van der Waals surface area contributed by atoms with Gasteiger partial charge in [0.15, 0.2) is 5.69 Å². The van der Waals surface area contributed by atoms with Crippen LogP contribution >= 0.6 is 0 Å². The lowest BCUT2D eigenvalue weighted by atomic mass is 10.0. The minimum Gasteiger partial charge on any atom is -0.335 e. The Hall–Kier alpha value is -3.04. The summed E-state index contributed by atoms with van der Waals surface area (Å²) < 4.78 is 27.4. The van der Waals surface area contributed by atoms with Crippen molar-refractivity contribution in [2.45, 2.75) is 24.7 Å². The second-order valence-corrected chi connectivity index (χ2v) is 9.71. The van der Waals surface area contributed by atoms with Gasteiger partial charge in [0.1, 0.15) is 0 Å². The van der Waals surface area contributed by atoms with Gasteiger partial charge in [-0.3, -0.25) is 4.79 Å². The number of hydrogen-bond donors (Lipinski definition) is 0. The van der Waals surface area contributed by atoms with E-state index in [9.17, 15) is 13.2 Å². The van der Waals surface area contributed by atoms with Crippen LogP contribution in [0.4, 0.5) is 0 Å². The molecule has 1 aliphatic rings. The fraction of sp³-hybridized carbons (Fsp3) is 0.318. The highest BCUT2D eigenvalue weighted by molar-refractivity contribution is 7.89. The summed E-state index contributed by atoms with van der Waals surface area (Å²) in [4.78, 5) is 16.1. The lowest BCUT2D eigenvalue weighted by Crippen LogP contribution is -2.50. The van der Waals surface area contributed by atoms with E-state index in [0.29, 0.717) is 19.0 Å². The molecule has 0 N–H and O–H groups in total. The van der Waals surface area contributed by atoms with Gasteiger partial charge in [-0.2, -0.15) is 14.2 Å². The number of carbonyl (C=O) groups excluding carboxylic acids is 1. The minimum atomic E-state index is -3.59. The van der Waals surface area contributed by atoms with Crippen molar-refractivity contribution in [3.63, 3.8) is 0 Å². The largest absolute Gasteiger partial charge is 0.335 e. The quantitative estimate of drug-likeness (QED) is 0.610. The van der Waals surface area contributed by atoms with Crippen LogP contribution in [0.15, 0.2) is 65.7 Å². The highest BCUT2D eigenvalue weighted by Gasteiger charge is 2.31. The number of hydrogen-bond acceptors (Lipinski definition) is 5. The summed E-state index contributed by atoms with van der Waals surface area (Å²) in [6, 6.07) is 16.4. The van der Waals surface area contributed by atoms with Crippen LogP contribution in [-0.4, -0.2) is 64.7 Å². The summed E-state index contributed by atoms with van der Waals surface area (Å²) in [5.41, 5.74) is 2.10. The first kappa shape index (κ1) is 21.2. The molecule has 0 atom stereocenters. The monoisotopic (exact) mass is 439 g/mol. The molecule has 31 heavy (non-hydrogen) atoms. The third kappa shape index (κ3) is 4.38. The Morgan fingerprint density at radius 3 is 2.19 bits per heavy atom. The number of carbonyl (C=O) groups is 1. The molecule has 0 spiro atoms. The van der Waals surface area contributed by atoms with E-state index in [1.165, 1.54) is 15.3 Å². The van der Waals surface area contributed by atoms with Crippen molar-refractivity contribution in [2.24, 2.45) is 0 Å². The zero-order valence-corrected chi connectivity index (χ0v) is 18.4. The zero-order valence-electron chi connectivity index (χ0n) is 17.5. The van der Waals surface area contributed by atoms with E-state index in [0.717, 1.165) is 11.3 Å². The van der Waals surface area contributed by atoms with Crippen LogP contribution in [-0.2, 0) is 10.0 Å². The van der Waals surface area contributed by atoms with Crippen LogP contribution in [0.5, 0.6) is 0 Å². The van der Waals surface area contributed by atoms with E-state index in [1.54, 1.807) is 17.0 Å². The Kier molecular flexibility index (Phi) is 5.88. The minimum absolute atomic E-state index is 0.240. The van der Waals surface area contributed by atoms with Crippen LogP contribution in [0.2, 0.25) is 0 Å². The molecule has 1 saturated heterocycles. The summed E-state index contributed by atoms with van der Waals surface area (Å²) in [7, 11) is -3.59. The maximum absolute atomic E-state index is 13.0. The summed E-state index contributed by atoms with van der Waals surface area (Å²) in [6.07, 6.45) is 1.44. The molecule has 1 amide bonds. The third-order valence-electron chi connectivity index (χ3n) is 5.41. The molecule has 1 aliphatic heterocycles. The van der Waals surface area contributed by atoms with Gasteiger partial charge in [0.05, 0.1) is 16.8 Å². The summed E-state index contributed by atoms with van der Waals surface area (Å²) in [5, 5.41) is 8.44. The predicted octanol–water partition coefficient (Wildman–Crippen LogP) is 2.54. The molecular weight excluding hydrogens is 414 g/mol. The van der Waals surface area contributed by atoms with Gasteiger partial charge in [-0.1, -0.05) is 44.2 Å². The number of aromatic nitrogens is 3. The summed E-state index contributed by atoms with van der Waals surface area (Å²) in [6.45, 7) is 5.23. The third-order valence-corrected chi connectivity index (χ3v) is 7.32. The van der Waals surface area contributed by atoms with E-state index >= 15 is 0 Å². The highest BCUT2D eigenvalue weighted by Crippen LogP contribution is 2.21. The molecule has 9 heteroatoms. The first-order valence-corrected chi connectivity index (χ1v) is 11.7. The topological polar surface area (TPSA) is 88.4 Å². The van der Waals surface area contributed by atoms with Crippen LogP contribution < -0.4 is 0 Å². The zero-order chi connectivity index (χ0) is 22.0. The molecular formula is C22H25N5O3S. The fourth-order valence-corrected chi connectivity index (χ4v) is 4.94. The molecule has 8 nitrogen and oxygen atoms in total. The molecule has 162 valence electrons. The number of sulfonamides is 1. The van der Waals surface area contributed by atoms with Gasteiger partial charge in [0.25, 0.3) is 5.91 Å². The lowest BCUT2D eigenvalue weighted by Gasteiger charge is -2.33. The van der Waals surface area contributed by atoms with Crippen LogP contribution in [0.25, 0.3) is 5.69 Å². The second kappa shape index (κ2) is 8.60. The SMILES string of the molecule is CC(C)c1ccc(S(=O)(=O)N2CCN(C(=O)c3cnn(-c4ccccc4)n3)CC2)cc1. The van der Waals surface area contributed by atoms with Crippen molar-refractivity contribution in [1.29, 1.82) is 0 Å². The average Bonchev–Trinajstić information content (AvgIpc) is 3.30. The van der Waals surface area contributed by atoms with Gasteiger partial charge in [0, 0.05) is 26.2 Å². The normalized spacial score (nSPS) is 15.4. The first-order chi connectivity index (χ1) is 14.9.